The predicted octanol–water partition coefficient (Wildman–Crippen LogP) is 4.80. The first-order valence-electron chi connectivity index (χ1n) is 22.1. The third-order valence-corrected chi connectivity index (χ3v) is 12.3. The number of aromatic nitrogens is 6. The lowest BCUT2D eigenvalue weighted by molar-refractivity contribution is -0.145. The Kier molecular flexibility index (Phi) is 23.3. The maximum atomic E-state index is 14.6. The molecule has 3 aromatic rings. The monoisotopic (exact) mass is 927 g/mol. The van der Waals surface area contributed by atoms with Crippen molar-refractivity contribution < 1.29 is 46.9 Å². The molecule has 64 heavy (non-hydrogen) atoms. The van der Waals surface area contributed by atoms with Crippen LogP contribution in [-0.2, 0) is 42.1 Å². The number of nitrogens with zero attached hydrogens (tertiary/aromatic N) is 5. The number of carbonyl (C=O) groups is 1. The Balaban J connectivity index is 1.57. The first-order chi connectivity index (χ1) is 31.0. The topological polar surface area (TPSA) is 274 Å². The molecule has 1 aliphatic heterocycles. The number of H-pyrrole nitrogens is 2. The zero-order valence-corrected chi connectivity index (χ0v) is 39.0. The van der Waals surface area contributed by atoms with E-state index in [1.165, 1.54) is 122 Å². The smallest absolute Gasteiger partial charge is 0.410 e. The van der Waals surface area contributed by atoms with Gasteiger partial charge in [-0.2, -0.15) is 4.98 Å². The molecule has 4 rings (SSSR count). The van der Waals surface area contributed by atoms with Gasteiger partial charge in [0.1, 0.15) is 24.4 Å². The Bertz CT molecular complexity index is 1980. The molecule has 23 heteroatoms. The fourth-order valence-corrected chi connectivity index (χ4v) is 8.70. The summed E-state index contributed by atoms with van der Waals surface area (Å²) < 4.78 is 50.0. The molecule has 362 valence electrons. The molecule has 0 aromatic carbocycles. The zero-order valence-electron chi connectivity index (χ0n) is 38.1. The molecule has 0 aliphatic carbocycles. The lowest BCUT2D eigenvalue weighted by Gasteiger charge is -2.34. The summed E-state index contributed by atoms with van der Waals surface area (Å²) in [4.78, 5) is 71.9. The molecular weight excluding hydrogens is 857 g/mol. The van der Waals surface area contributed by atoms with Gasteiger partial charge in [-0.15, -0.1) is 0 Å². The van der Waals surface area contributed by atoms with Gasteiger partial charge in [0.05, 0.1) is 19.5 Å². The number of hydrogen-bond acceptors (Lipinski definition) is 17. The number of aromatic amines is 2. The number of amides is 1. The van der Waals surface area contributed by atoms with Crippen molar-refractivity contribution in [2.45, 2.75) is 146 Å². The van der Waals surface area contributed by atoms with E-state index in [1.54, 1.807) is 0 Å². The number of nitrogens with one attached hydrogen (secondary N) is 2. The molecule has 0 bridgehead atoms. The lowest BCUT2D eigenvalue weighted by atomic mass is 10.0. The minimum Gasteiger partial charge on any atom is -0.438 e. The Morgan fingerprint density at radius 2 is 1.52 bits per heavy atom. The molecule has 6 N–H and O–H groups in total. The number of nitrogens with two attached hydrogens (primary N) is 2. The molecule has 3 aromatic heterocycles. The standard InChI is InChI=1S/C41H70N9O13P/c1-7-8-9-10-11-12-13-14-15-16-17-18-19-20-21-23-48(41(54)62-33(29(55-2)26-60-43)37(57-4)49-24-22-30(51)45-40(49)53)25-28-32(63-64(58-5)59-6)34(56-3)38(61-28)50-27-44-31-35(50)46-39(42)47-36(31)52/h22,24,27-29,32-34,37-38H,7-21,23,25-26,43H2,1-6H3,(H,45,51,53)(H3,42,46,47,52). The third kappa shape index (κ3) is 15.1. The van der Waals surface area contributed by atoms with Crippen LogP contribution in [0.4, 0.5) is 10.7 Å². The van der Waals surface area contributed by atoms with Crippen molar-refractivity contribution in [3.63, 3.8) is 0 Å². The van der Waals surface area contributed by atoms with Crippen LogP contribution in [0.25, 0.3) is 11.2 Å². The van der Waals surface area contributed by atoms with E-state index in [2.05, 4.69) is 26.9 Å². The van der Waals surface area contributed by atoms with Gasteiger partial charge in [0.15, 0.2) is 29.7 Å². The van der Waals surface area contributed by atoms with Crippen LogP contribution in [0.15, 0.2) is 33.0 Å². The lowest BCUT2D eigenvalue weighted by Crippen LogP contribution is -2.50. The van der Waals surface area contributed by atoms with Gasteiger partial charge in [-0.1, -0.05) is 96.8 Å². The molecule has 1 amide bonds. The summed E-state index contributed by atoms with van der Waals surface area (Å²) in [5.74, 6) is 5.34. The molecule has 0 radical (unpaired) electrons. The van der Waals surface area contributed by atoms with Crippen molar-refractivity contribution in [3.05, 3.63) is 49.8 Å². The van der Waals surface area contributed by atoms with Crippen molar-refractivity contribution >= 4 is 31.8 Å². The zero-order chi connectivity index (χ0) is 46.4. The first-order valence-corrected chi connectivity index (χ1v) is 23.2. The van der Waals surface area contributed by atoms with Crippen LogP contribution < -0.4 is 28.4 Å². The molecular formula is C41H70N9O13P. The number of ether oxygens (including phenoxy) is 5. The summed E-state index contributed by atoms with van der Waals surface area (Å²) in [5.41, 5.74) is 4.10. The molecule has 1 fully saturated rings. The molecule has 0 saturated carbocycles. The van der Waals surface area contributed by atoms with E-state index < -0.39 is 74.5 Å². The molecule has 7 atom stereocenters. The second-order valence-electron chi connectivity index (χ2n) is 15.7. The fourth-order valence-electron chi connectivity index (χ4n) is 7.93. The van der Waals surface area contributed by atoms with Gasteiger partial charge in [0.2, 0.25) is 5.95 Å². The minimum absolute atomic E-state index is 0.0254. The van der Waals surface area contributed by atoms with Crippen molar-refractivity contribution in [3.8, 4) is 0 Å². The van der Waals surface area contributed by atoms with Gasteiger partial charge in [0.25, 0.3) is 11.1 Å². The number of hydrogen-bond donors (Lipinski definition) is 4. The highest BCUT2D eigenvalue weighted by Gasteiger charge is 2.50. The van der Waals surface area contributed by atoms with Gasteiger partial charge in [-0.05, 0) is 6.42 Å². The molecule has 1 saturated heterocycles. The van der Waals surface area contributed by atoms with Crippen molar-refractivity contribution in [2.24, 2.45) is 5.90 Å². The Labute approximate surface area is 374 Å². The molecule has 1 aliphatic rings. The van der Waals surface area contributed by atoms with Gasteiger partial charge < -0.3 is 52.7 Å². The van der Waals surface area contributed by atoms with E-state index in [4.69, 9.17) is 53.7 Å². The summed E-state index contributed by atoms with van der Waals surface area (Å²) >= 11 is 0. The average molecular weight is 928 g/mol. The molecule has 22 nitrogen and oxygen atoms in total. The van der Waals surface area contributed by atoms with Crippen molar-refractivity contribution in [1.82, 2.24) is 34.0 Å². The van der Waals surface area contributed by atoms with E-state index >= 15 is 0 Å². The van der Waals surface area contributed by atoms with Gasteiger partial charge in [-0.25, -0.2) is 20.5 Å². The highest BCUT2D eigenvalue weighted by molar-refractivity contribution is 7.41. The number of carbonyl (C=O) groups excluding carboxylic acids is 1. The third-order valence-electron chi connectivity index (χ3n) is 11.3. The van der Waals surface area contributed by atoms with Crippen LogP contribution in [0.2, 0.25) is 0 Å². The minimum atomic E-state index is -1.92. The summed E-state index contributed by atoms with van der Waals surface area (Å²) in [6.45, 7) is 2.10. The summed E-state index contributed by atoms with van der Waals surface area (Å²) in [6, 6.07) is 1.13. The van der Waals surface area contributed by atoms with Crippen LogP contribution in [0.3, 0.4) is 0 Å². The predicted molar refractivity (Wildman–Crippen MR) is 238 cm³/mol. The normalized spacial score (nSPS) is 19.1. The maximum Gasteiger partial charge on any atom is 0.410 e. The van der Waals surface area contributed by atoms with E-state index in [0.29, 0.717) is 6.42 Å². The quantitative estimate of drug-likeness (QED) is 0.0372. The highest BCUT2D eigenvalue weighted by Crippen LogP contribution is 2.45. The second kappa shape index (κ2) is 28.3. The van der Waals surface area contributed by atoms with Crippen LogP contribution in [-0.4, -0.2) is 126 Å². The molecule has 7 unspecified atom stereocenters. The number of unbranched alkanes of at least 4 members (excludes halogenated alkanes) is 14. The first kappa shape index (κ1) is 52.8. The largest absolute Gasteiger partial charge is 0.438 e. The SMILES string of the molecule is CCCCCCCCCCCCCCCCCN(CC1OC(n2cnc3c(=O)[nH]c(N)nc32)C(OC)C1OP(OC)OC)C(=O)OC(C(CON)OC)C(OC)n1ccc(=O)[nH]c1=O. The van der Waals surface area contributed by atoms with E-state index in [-0.39, 0.29) is 36.8 Å². The van der Waals surface area contributed by atoms with E-state index in [9.17, 15) is 19.2 Å². The van der Waals surface area contributed by atoms with Gasteiger partial charge in [0, 0.05) is 54.4 Å². The number of fused-ring (bicyclic) bond motifs is 1. The highest BCUT2D eigenvalue weighted by atomic mass is 31.2. The number of methoxy groups -OCH3 is 3. The Morgan fingerprint density at radius 3 is 2.06 bits per heavy atom. The molecule has 0 spiro atoms. The number of imidazole rings is 1. The van der Waals surface area contributed by atoms with E-state index in [1.807, 2.05) is 0 Å². The number of anilines is 1. The summed E-state index contributed by atoms with van der Waals surface area (Å²) in [7, 11) is 5.08. The van der Waals surface area contributed by atoms with Gasteiger partial charge >= 0.3 is 20.4 Å². The molecule has 4 heterocycles. The van der Waals surface area contributed by atoms with E-state index in [0.717, 1.165) is 36.3 Å². The number of rotatable bonds is 32. The number of nitrogen functional groups attached to an aromatic ring is 1. The fraction of sp³-hybridized carbons (Fsp3) is 0.756. The van der Waals surface area contributed by atoms with Crippen LogP contribution in [0, 0.1) is 0 Å². The van der Waals surface area contributed by atoms with Crippen LogP contribution in [0.5, 0.6) is 0 Å². The van der Waals surface area contributed by atoms with Crippen molar-refractivity contribution in [2.75, 3.05) is 61.0 Å². The summed E-state index contributed by atoms with van der Waals surface area (Å²) in [5, 5.41) is 0. The summed E-state index contributed by atoms with van der Waals surface area (Å²) in [6.07, 6.45) is 11.9. The van der Waals surface area contributed by atoms with Crippen LogP contribution in [0.1, 0.15) is 116 Å². The Morgan fingerprint density at radius 1 is 0.891 bits per heavy atom. The average Bonchev–Trinajstić information content (AvgIpc) is 3.86. The second-order valence-corrected chi connectivity index (χ2v) is 17.1. The van der Waals surface area contributed by atoms with Gasteiger partial charge in [-0.3, -0.25) is 28.7 Å². The maximum absolute atomic E-state index is 14.6. The Hall–Kier alpha value is -3.83. The van der Waals surface area contributed by atoms with Crippen LogP contribution >= 0.6 is 8.60 Å². The van der Waals surface area contributed by atoms with Crippen molar-refractivity contribution in [1.29, 1.82) is 0 Å².